The van der Waals surface area contributed by atoms with Crippen molar-refractivity contribution in [2.24, 2.45) is 0 Å². The first-order valence-electron chi connectivity index (χ1n) is 7.83. The van der Waals surface area contributed by atoms with Crippen LogP contribution in [0.2, 0.25) is 0 Å². The Balaban J connectivity index is 1.72. The van der Waals surface area contributed by atoms with Gasteiger partial charge in [-0.1, -0.05) is 43.3 Å². The first kappa shape index (κ1) is 15.9. The van der Waals surface area contributed by atoms with Crippen LogP contribution in [0.15, 0.2) is 72.8 Å². The van der Waals surface area contributed by atoms with Crippen molar-refractivity contribution in [3.05, 3.63) is 89.7 Å². The van der Waals surface area contributed by atoms with E-state index in [1.807, 2.05) is 24.3 Å². The average molecular weight is 320 g/mol. The number of hydrogen-bond donors (Lipinski definition) is 0. The molecule has 0 aliphatic heterocycles. The maximum Gasteiger partial charge on any atom is 0.343 e. The largest absolute Gasteiger partial charge is 0.423 e. The minimum Gasteiger partial charge on any atom is -0.423 e. The summed E-state index contributed by atoms with van der Waals surface area (Å²) in [4.78, 5) is 12.2. The highest BCUT2D eigenvalue weighted by Crippen LogP contribution is 2.21. The SMILES string of the molecule is CCc1ccc(OC(=O)c2ccc(-c3ccc(F)cc3)cc2)cc1. The van der Waals surface area contributed by atoms with Crippen molar-refractivity contribution in [3.8, 4) is 16.9 Å². The molecule has 0 amide bonds. The maximum absolute atomic E-state index is 13.0. The van der Waals surface area contributed by atoms with Gasteiger partial charge in [0.1, 0.15) is 11.6 Å². The van der Waals surface area contributed by atoms with Crippen LogP contribution in [0, 0.1) is 5.82 Å². The molecule has 0 unspecified atom stereocenters. The third kappa shape index (κ3) is 3.69. The summed E-state index contributed by atoms with van der Waals surface area (Å²) >= 11 is 0. The van der Waals surface area contributed by atoms with Crippen molar-refractivity contribution < 1.29 is 13.9 Å². The van der Waals surface area contributed by atoms with Crippen LogP contribution in [0.3, 0.4) is 0 Å². The summed E-state index contributed by atoms with van der Waals surface area (Å²) in [5.41, 5.74) is 3.48. The summed E-state index contributed by atoms with van der Waals surface area (Å²) in [5, 5.41) is 0. The fraction of sp³-hybridized carbons (Fsp3) is 0.0952. The minimum atomic E-state index is -0.398. The van der Waals surface area contributed by atoms with Crippen molar-refractivity contribution >= 4 is 5.97 Å². The first-order chi connectivity index (χ1) is 11.7. The zero-order valence-electron chi connectivity index (χ0n) is 13.3. The number of carbonyl (C=O) groups is 1. The van der Waals surface area contributed by atoms with Gasteiger partial charge < -0.3 is 4.74 Å². The Hall–Kier alpha value is -2.94. The molecule has 0 heterocycles. The summed E-state index contributed by atoms with van der Waals surface area (Å²) in [7, 11) is 0. The number of halogens is 1. The molecule has 0 N–H and O–H groups in total. The van der Waals surface area contributed by atoms with Crippen LogP contribution in [-0.2, 0) is 6.42 Å². The number of carbonyl (C=O) groups excluding carboxylic acids is 1. The Bertz CT molecular complexity index is 819. The van der Waals surface area contributed by atoms with Gasteiger partial charge >= 0.3 is 5.97 Å². The van der Waals surface area contributed by atoms with Crippen LogP contribution < -0.4 is 4.74 Å². The molecular weight excluding hydrogens is 303 g/mol. The molecule has 0 fully saturated rings. The molecule has 0 radical (unpaired) electrons. The highest BCUT2D eigenvalue weighted by molar-refractivity contribution is 5.91. The van der Waals surface area contributed by atoms with Crippen molar-refractivity contribution in [1.29, 1.82) is 0 Å². The van der Waals surface area contributed by atoms with E-state index in [4.69, 9.17) is 4.74 Å². The van der Waals surface area contributed by atoms with Crippen LogP contribution in [0.4, 0.5) is 4.39 Å². The molecule has 0 spiro atoms. The van der Waals surface area contributed by atoms with Gasteiger partial charge in [0, 0.05) is 0 Å². The Kier molecular flexibility index (Phi) is 4.71. The monoisotopic (exact) mass is 320 g/mol. The molecule has 3 aromatic carbocycles. The summed E-state index contributed by atoms with van der Waals surface area (Å²) in [5.74, 6) is -0.141. The van der Waals surface area contributed by atoms with Crippen molar-refractivity contribution in [2.45, 2.75) is 13.3 Å². The number of rotatable bonds is 4. The second-order valence-electron chi connectivity index (χ2n) is 5.47. The Morgan fingerprint density at radius 3 is 1.92 bits per heavy atom. The highest BCUT2D eigenvalue weighted by atomic mass is 19.1. The van der Waals surface area contributed by atoms with E-state index >= 15 is 0 Å². The molecule has 0 atom stereocenters. The number of benzene rings is 3. The second-order valence-corrected chi connectivity index (χ2v) is 5.47. The summed E-state index contributed by atoms with van der Waals surface area (Å²) in [6.07, 6.45) is 0.944. The average Bonchev–Trinajstić information content (AvgIpc) is 2.63. The molecule has 3 heteroatoms. The quantitative estimate of drug-likeness (QED) is 0.483. The molecule has 3 aromatic rings. The molecule has 0 saturated carbocycles. The van der Waals surface area contributed by atoms with E-state index < -0.39 is 5.97 Å². The van der Waals surface area contributed by atoms with Gasteiger partial charge in [0.15, 0.2) is 0 Å². The fourth-order valence-corrected chi connectivity index (χ4v) is 2.40. The van der Waals surface area contributed by atoms with Crippen LogP contribution >= 0.6 is 0 Å². The van der Waals surface area contributed by atoms with Crippen molar-refractivity contribution in [1.82, 2.24) is 0 Å². The Labute approximate surface area is 140 Å². The third-order valence-corrected chi connectivity index (χ3v) is 3.84. The van der Waals surface area contributed by atoms with Crippen LogP contribution in [0.25, 0.3) is 11.1 Å². The lowest BCUT2D eigenvalue weighted by Gasteiger charge is -2.06. The topological polar surface area (TPSA) is 26.3 Å². The highest BCUT2D eigenvalue weighted by Gasteiger charge is 2.09. The van der Waals surface area contributed by atoms with Gasteiger partial charge in [-0.3, -0.25) is 0 Å². The minimum absolute atomic E-state index is 0.270. The van der Waals surface area contributed by atoms with E-state index in [1.54, 1.807) is 36.4 Å². The molecule has 0 bridgehead atoms. The predicted octanol–water partition coefficient (Wildman–Crippen LogP) is 5.27. The van der Waals surface area contributed by atoms with E-state index in [0.29, 0.717) is 11.3 Å². The summed E-state index contributed by atoms with van der Waals surface area (Å²) in [6.45, 7) is 2.07. The lowest BCUT2D eigenvalue weighted by atomic mass is 10.0. The fourth-order valence-electron chi connectivity index (χ4n) is 2.40. The summed E-state index contributed by atoms with van der Waals surface area (Å²) < 4.78 is 18.3. The standard InChI is InChI=1S/C21H17FO2/c1-2-15-3-13-20(14-4-15)24-21(23)18-7-5-16(6-8-18)17-9-11-19(22)12-10-17/h3-14H,2H2,1H3. The molecule has 0 aliphatic rings. The normalized spacial score (nSPS) is 10.4. The van der Waals surface area contributed by atoms with Crippen LogP contribution in [-0.4, -0.2) is 5.97 Å². The van der Waals surface area contributed by atoms with E-state index in [-0.39, 0.29) is 5.82 Å². The maximum atomic E-state index is 13.0. The van der Waals surface area contributed by atoms with Gasteiger partial charge in [-0.15, -0.1) is 0 Å². The number of esters is 1. The summed E-state index contributed by atoms with van der Waals surface area (Å²) in [6, 6.07) is 20.8. The van der Waals surface area contributed by atoms with Gasteiger partial charge in [0.05, 0.1) is 5.56 Å². The van der Waals surface area contributed by atoms with Gasteiger partial charge in [-0.2, -0.15) is 0 Å². The molecule has 0 saturated heterocycles. The Morgan fingerprint density at radius 2 is 1.38 bits per heavy atom. The third-order valence-electron chi connectivity index (χ3n) is 3.84. The predicted molar refractivity (Wildman–Crippen MR) is 92.6 cm³/mol. The van der Waals surface area contributed by atoms with Crippen LogP contribution in [0.5, 0.6) is 5.75 Å². The first-order valence-corrected chi connectivity index (χ1v) is 7.83. The zero-order valence-corrected chi connectivity index (χ0v) is 13.3. The van der Waals surface area contributed by atoms with Gasteiger partial charge in [0.25, 0.3) is 0 Å². The molecule has 0 aromatic heterocycles. The number of ether oxygens (including phenoxy) is 1. The lowest BCUT2D eigenvalue weighted by molar-refractivity contribution is 0.0735. The van der Waals surface area contributed by atoms with Crippen molar-refractivity contribution in [3.63, 3.8) is 0 Å². The molecular formula is C21H17FO2. The van der Waals surface area contributed by atoms with Gasteiger partial charge in [0.2, 0.25) is 0 Å². The molecule has 0 aliphatic carbocycles. The van der Waals surface area contributed by atoms with Gasteiger partial charge in [-0.25, -0.2) is 9.18 Å². The Morgan fingerprint density at radius 1 is 0.833 bits per heavy atom. The van der Waals surface area contributed by atoms with E-state index in [2.05, 4.69) is 6.92 Å². The van der Waals surface area contributed by atoms with Gasteiger partial charge in [-0.05, 0) is 59.5 Å². The zero-order chi connectivity index (χ0) is 16.9. The molecule has 120 valence electrons. The van der Waals surface area contributed by atoms with Crippen molar-refractivity contribution in [2.75, 3.05) is 0 Å². The van der Waals surface area contributed by atoms with Crippen LogP contribution in [0.1, 0.15) is 22.8 Å². The number of aryl methyl sites for hydroxylation is 1. The molecule has 2 nitrogen and oxygen atoms in total. The molecule has 3 rings (SSSR count). The second kappa shape index (κ2) is 7.09. The number of hydrogen-bond acceptors (Lipinski definition) is 2. The lowest BCUT2D eigenvalue weighted by Crippen LogP contribution is -2.08. The van der Waals surface area contributed by atoms with E-state index in [1.165, 1.54) is 17.7 Å². The molecule has 24 heavy (non-hydrogen) atoms. The van der Waals surface area contributed by atoms with E-state index in [0.717, 1.165) is 17.5 Å². The van der Waals surface area contributed by atoms with E-state index in [9.17, 15) is 9.18 Å². The smallest absolute Gasteiger partial charge is 0.343 e.